The number of rotatable bonds is 3. The lowest BCUT2D eigenvalue weighted by Crippen LogP contribution is -2.32. The highest BCUT2D eigenvalue weighted by Gasteiger charge is 2.10. The van der Waals surface area contributed by atoms with Crippen LogP contribution in [0, 0.1) is 0 Å². The van der Waals surface area contributed by atoms with Crippen molar-refractivity contribution >= 4 is 5.91 Å². The molecule has 0 aromatic carbocycles. The summed E-state index contributed by atoms with van der Waals surface area (Å²) in [6.45, 7) is 0.886. The van der Waals surface area contributed by atoms with E-state index < -0.39 is 0 Å². The van der Waals surface area contributed by atoms with E-state index in [2.05, 4.69) is 4.98 Å². The normalized spacial score (nSPS) is 9.86. The van der Waals surface area contributed by atoms with Crippen molar-refractivity contribution in [1.82, 2.24) is 9.88 Å². The van der Waals surface area contributed by atoms with Gasteiger partial charge in [0.05, 0.1) is 0 Å². The van der Waals surface area contributed by atoms with Crippen LogP contribution < -0.4 is 11.3 Å². The summed E-state index contributed by atoms with van der Waals surface area (Å²) in [6, 6.07) is 2.84. The fourth-order valence-corrected chi connectivity index (χ4v) is 1.09. The Morgan fingerprint density at radius 1 is 1.64 bits per heavy atom. The molecule has 1 aromatic heterocycles. The fraction of sp³-hybridized carbons (Fsp3) is 0.333. The van der Waals surface area contributed by atoms with Crippen molar-refractivity contribution in [1.29, 1.82) is 0 Å². The summed E-state index contributed by atoms with van der Waals surface area (Å²) < 4.78 is 0. The van der Waals surface area contributed by atoms with E-state index >= 15 is 0 Å². The Kier molecular flexibility index (Phi) is 3.41. The summed E-state index contributed by atoms with van der Waals surface area (Å²) in [5, 5.41) is 0. The Bertz CT molecular complexity index is 372. The van der Waals surface area contributed by atoms with E-state index in [1.165, 1.54) is 17.2 Å². The zero-order chi connectivity index (χ0) is 10.6. The number of carbonyl (C=O) groups excluding carboxylic acids is 1. The number of pyridine rings is 1. The Hall–Kier alpha value is -1.62. The van der Waals surface area contributed by atoms with E-state index in [-0.39, 0.29) is 11.5 Å². The molecule has 0 saturated carbocycles. The van der Waals surface area contributed by atoms with Gasteiger partial charge in [-0.2, -0.15) is 0 Å². The molecular formula is C9H13N3O2. The van der Waals surface area contributed by atoms with E-state index in [1.54, 1.807) is 13.1 Å². The lowest BCUT2D eigenvalue weighted by atomic mass is 10.2. The van der Waals surface area contributed by atoms with Crippen LogP contribution in [0.25, 0.3) is 0 Å². The van der Waals surface area contributed by atoms with Crippen molar-refractivity contribution in [3.05, 3.63) is 34.2 Å². The van der Waals surface area contributed by atoms with Crippen LogP contribution >= 0.6 is 0 Å². The minimum absolute atomic E-state index is 0.193. The van der Waals surface area contributed by atoms with Gasteiger partial charge in [-0.05, 0) is 6.07 Å². The zero-order valence-electron chi connectivity index (χ0n) is 7.99. The second-order valence-corrected chi connectivity index (χ2v) is 2.96. The number of amides is 1. The van der Waals surface area contributed by atoms with Crippen LogP contribution in [0.5, 0.6) is 0 Å². The first-order valence-corrected chi connectivity index (χ1v) is 4.29. The molecule has 0 bridgehead atoms. The van der Waals surface area contributed by atoms with Gasteiger partial charge >= 0.3 is 0 Å². The van der Waals surface area contributed by atoms with Gasteiger partial charge in [-0.25, -0.2) is 0 Å². The average Bonchev–Trinajstić information content (AvgIpc) is 2.17. The maximum absolute atomic E-state index is 11.6. The summed E-state index contributed by atoms with van der Waals surface area (Å²) in [7, 11) is 1.65. The average molecular weight is 195 g/mol. The number of nitrogens with two attached hydrogens (primary N) is 1. The smallest absolute Gasteiger partial charge is 0.253 e. The van der Waals surface area contributed by atoms with Crippen molar-refractivity contribution in [2.45, 2.75) is 0 Å². The van der Waals surface area contributed by atoms with Gasteiger partial charge in [0.25, 0.3) is 5.91 Å². The van der Waals surface area contributed by atoms with Gasteiger partial charge in [0, 0.05) is 38.0 Å². The third-order valence-electron chi connectivity index (χ3n) is 1.83. The third-order valence-corrected chi connectivity index (χ3v) is 1.83. The Balaban J connectivity index is 2.84. The van der Waals surface area contributed by atoms with Gasteiger partial charge in [-0.15, -0.1) is 0 Å². The predicted octanol–water partition coefficient (Wildman–Crippen LogP) is -0.594. The van der Waals surface area contributed by atoms with Crippen molar-refractivity contribution in [3.8, 4) is 0 Å². The molecular weight excluding hydrogens is 182 g/mol. The van der Waals surface area contributed by atoms with Crippen LogP contribution in [0.1, 0.15) is 10.4 Å². The standard InChI is InChI=1S/C9H13N3O2/c1-12(5-3-10)9(14)7-2-4-11-8(13)6-7/h2,4,6H,3,5,10H2,1H3,(H,11,13). The molecule has 76 valence electrons. The minimum atomic E-state index is -0.281. The lowest BCUT2D eigenvalue weighted by molar-refractivity contribution is 0.0799. The first-order valence-electron chi connectivity index (χ1n) is 4.29. The molecule has 0 atom stereocenters. The van der Waals surface area contributed by atoms with Crippen molar-refractivity contribution in [3.63, 3.8) is 0 Å². The van der Waals surface area contributed by atoms with Gasteiger partial charge in [0.1, 0.15) is 0 Å². The topological polar surface area (TPSA) is 79.2 Å². The van der Waals surface area contributed by atoms with Crippen molar-refractivity contribution in [2.24, 2.45) is 5.73 Å². The lowest BCUT2D eigenvalue weighted by Gasteiger charge is -2.15. The number of likely N-dealkylation sites (N-methyl/N-ethyl adjacent to an activating group) is 1. The van der Waals surface area contributed by atoms with E-state index in [9.17, 15) is 9.59 Å². The molecule has 5 nitrogen and oxygen atoms in total. The molecule has 5 heteroatoms. The SMILES string of the molecule is CN(CCN)C(=O)c1cc[nH]c(=O)c1. The molecule has 0 radical (unpaired) electrons. The van der Waals surface area contributed by atoms with E-state index in [0.717, 1.165) is 0 Å². The molecule has 0 spiro atoms. The van der Waals surface area contributed by atoms with E-state index in [0.29, 0.717) is 18.7 Å². The molecule has 14 heavy (non-hydrogen) atoms. The van der Waals surface area contributed by atoms with Gasteiger partial charge in [0.2, 0.25) is 5.56 Å². The highest BCUT2D eigenvalue weighted by Crippen LogP contribution is 1.98. The van der Waals surface area contributed by atoms with Crippen molar-refractivity contribution < 1.29 is 4.79 Å². The first kappa shape index (κ1) is 10.5. The number of aromatic nitrogens is 1. The number of carbonyl (C=O) groups is 1. The molecule has 0 aliphatic heterocycles. The largest absolute Gasteiger partial charge is 0.340 e. The first-order chi connectivity index (χ1) is 6.65. The predicted molar refractivity (Wildman–Crippen MR) is 53.1 cm³/mol. The highest BCUT2D eigenvalue weighted by molar-refractivity contribution is 5.93. The maximum atomic E-state index is 11.6. The Morgan fingerprint density at radius 3 is 2.93 bits per heavy atom. The zero-order valence-corrected chi connectivity index (χ0v) is 7.99. The number of H-pyrrole nitrogens is 1. The molecule has 0 fully saturated rings. The maximum Gasteiger partial charge on any atom is 0.253 e. The van der Waals surface area contributed by atoms with Gasteiger partial charge in [-0.3, -0.25) is 9.59 Å². The second-order valence-electron chi connectivity index (χ2n) is 2.96. The van der Waals surface area contributed by atoms with Gasteiger partial charge in [-0.1, -0.05) is 0 Å². The molecule has 0 aliphatic rings. The van der Waals surface area contributed by atoms with Gasteiger partial charge in [0.15, 0.2) is 0 Å². The van der Waals surface area contributed by atoms with Crippen LogP contribution in [-0.4, -0.2) is 35.9 Å². The number of hydrogen-bond donors (Lipinski definition) is 2. The monoisotopic (exact) mass is 195 g/mol. The third kappa shape index (κ3) is 2.43. The molecule has 3 N–H and O–H groups in total. The molecule has 1 amide bonds. The summed E-state index contributed by atoms with van der Waals surface area (Å²) in [5.41, 5.74) is 5.41. The number of nitrogens with zero attached hydrogens (tertiary/aromatic N) is 1. The van der Waals surface area contributed by atoms with Crippen LogP contribution in [0.4, 0.5) is 0 Å². The second kappa shape index (κ2) is 4.57. The van der Waals surface area contributed by atoms with Gasteiger partial charge < -0.3 is 15.6 Å². The quantitative estimate of drug-likeness (QED) is 0.676. The van der Waals surface area contributed by atoms with Crippen LogP contribution in [0.3, 0.4) is 0 Å². The molecule has 0 unspecified atom stereocenters. The molecule has 0 saturated heterocycles. The van der Waals surface area contributed by atoms with E-state index in [4.69, 9.17) is 5.73 Å². The summed E-state index contributed by atoms with van der Waals surface area (Å²) >= 11 is 0. The highest BCUT2D eigenvalue weighted by atomic mass is 16.2. The van der Waals surface area contributed by atoms with Crippen molar-refractivity contribution in [2.75, 3.05) is 20.1 Å². The fourth-order valence-electron chi connectivity index (χ4n) is 1.09. The summed E-state index contributed by atoms with van der Waals surface area (Å²) in [5.74, 6) is -0.193. The Labute approximate surface area is 81.5 Å². The molecule has 1 aromatic rings. The van der Waals surface area contributed by atoms with Crippen LogP contribution in [0.15, 0.2) is 23.1 Å². The number of hydrogen-bond acceptors (Lipinski definition) is 3. The molecule has 1 rings (SSSR count). The summed E-state index contributed by atoms with van der Waals surface area (Å²) in [4.78, 5) is 26.5. The molecule has 0 aliphatic carbocycles. The molecule has 1 heterocycles. The minimum Gasteiger partial charge on any atom is -0.340 e. The summed E-state index contributed by atoms with van der Waals surface area (Å²) in [6.07, 6.45) is 1.45. The number of aromatic amines is 1. The Morgan fingerprint density at radius 2 is 2.36 bits per heavy atom. The van der Waals surface area contributed by atoms with Crippen LogP contribution in [-0.2, 0) is 0 Å². The van der Waals surface area contributed by atoms with Crippen LogP contribution in [0.2, 0.25) is 0 Å². The number of nitrogens with one attached hydrogen (secondary N) is 1. The van der Waals surface area contributed by atoms with E-state index in [1.807, 2.05) is 0 Å².